The van der Waals surface area contributed by atoms with Crippen molar-refractivity contribution < 1.29 is 9.53 Å². The second-order valence-corrected chi connectivity index (χ2v) is 6.85. The van der Waals surface area contributed by atoms with Gasteiger partial charge in [0, 0.05) is 43.1 Å². The van der Waals surface area contributed by atoms with Crippen LogP contribution in [-0.2, 0) is 0 Å². The SMILES string of the molecule is COc1ccccc1C(C)N(C)C1CCN(C(=O)c2cccnc2)CC1. The minimum Gasteiger partial charge on any atom is -0.496 e. The molecule has 0 N–H and O–H groups in total. The molecule has 1 aliphatic rings. The second kappa shape index (κ2) is 8.32. The summed E-state index contributed by atoms with van der Waals surface area (Å²) >= 11 is 0. The van der Waals surface area contributed by atoms with Crippen molar-refractivity contribution in [2.75, 3.05) is 27.2 Å². The number of ether oxygens (including phenoxy) is 1. The van der Waals surface area contributed by atoms with Crippen LogP contribution in [0.25, 0.3) is 0 Å². The number of methoxy groups -OCH3 is 1. The van der Waals surface area contributed by atoms with Crippen molar-refractivity contribution >= 4 is 5.91 Å². The number of aromatic nitrogens is 1. The van der Waals surface area contributed by atoms with Gasteiger partial charge in [-0.1, -0.05) is 18.2 Å². The molecule has 1 fully saturated rings. The lowest BCUT2D eigenvalue weighted by Gasteiger charge is -2.39. The van der Waals surface area contributed by atoms with E-state index in [2.05, 4.69) is 36.0 Å². The Morgan fingerprint density at radius 3 is 2.62 bits per heavy atom. The lowest BCUT2D eigenvalue weighted by molar-refractivity contribution is 0.0605. The van der Waals surface area contributed by atoms with Crippen LogP contribution in [-0.4, -0.2) is 54.0 Å². The molecule has 138 valence electrons. The highest BCUT2D eigenvalue weighted by Gasteiger charge is 2.29. The van der Waals surface area contributed by atoms with Crippen molar-refractivity contribution in [1.82, 2.24) is 14.8 Å². The number of carbonyl (C=O) groups excluding carboxylic acids is 1. The van der Waals surface area contributed by atoms with Crippen molar-refractivity contribution in [2.24, 2.45) is 0 Å². The van der Waals surface area contributed by atoms with Crippen LogP contribution in [0.4, 0.5) is 0 Å². The topological polar surface area (TPSA) is 45.7 Å². The fourth-order valence-corrected chi connectivity index (χ4v) is 3.70. The monoisotopic (exact) mass is 353 g/mol. The highest BCUT2D eigenvalue weighted by Crippen LogP contribution is 2.31. The highest BCUT2D eigenvalue weighted by molar-refractivity contribution is 5.93. The lowest BCUT2D eigenvalue weighted by Crippen LogP contribution is -2.46. The van der Waals surface area contributed by atoms with Crippen molar-refractivity contribution in [1.29, 1.82) is 0 Å². The van der Waals surface area contributed by atoms with E-state index in [0.717, 1.165) is 31.7 Å². The molecule has 1 unspecified atom stereocenters. The van der Waals surface area contributed by atoms with E-state index in [4.69, 9.17) is 4.74 Å². The Kier molecular flexibility index (Phi) is 5.89. The van der Waals surface area contributed by atoms with Gasteiger partial charge in [0.05, 0.1) is 12.7 Å². The molecule has 26 heavy (non-hydrogen) atoms. The lowest BCUT2D eigenvalue weighted by atomic mass is 9.98. The number of hydrogen-bond acceptors (Lipinski definition) is 4. The van der Waals surface area contributed by atoms with Crippen LogP contribution in [0.5, 0.6) is 5.75 Å². The molecule has 2 aromatic rings. The Labute approximate surface area is 155 Å². The largest absolute Gasteiger partial charge is 0.496 e. The van der Waals surface area contributed by atoms with E-state index in [1.165, 1.54) is 5.56 Å². The van der Waals surface area contributed by atoms with Gasteiger partial charge in [-0.15, -0.1) is 0 Å². The van der Waals surface area contributed by atoms with Gasteiger partial charge in [-0.2, -0.15) is 0 Å². The van der Waals surface area contributed by atoms with Crippen molar-refractivity contribution in [2.45, 2.75) is 31.8 Å². The maximum Gasteiger partial charge on any atom is 0.255 e. The third-order valence-corrected chi connectivity index (χ3v) is 5.44. The van der Waals surface area contributed by atoms with E-state index in [-0.39, 0.29) is 11.9 Å². The summed E-state index contributed by atoms with van der Waals surface area (Å²) in [5, 5.41) is 0. The summed E-state index contributed by atoms with van der Waals surface area (Å²) in [6.45, 7) is 3.77. The molecule has 5 nitrogen and oxygen atoms in total. The number of pyridine rings is 1. The Balaban J connectivity index is 1.61. The normalized spacial score (nSPS) is 16.5. The Morgan fingerprint density at radius 1 is 1.23 bits per heavy atom. The third kappa shape index (κ3) is 3.88. The summed E-state index contributed by atoms with van der Waals surface area (Å²) in [6, 6.07) is 12.5. The molecule has 0 saturated carbocycles. The minimum atomic E-state index is 0.0805. The highest BCUT2D eigenvalue weighted by atomic mass is 16.5. The molecule has 1 amide bonds. The van der Waals surface area contributed by atoms with E-state index >= 15 is 0 Å². The molecule has 1 aromatic heterocycles. The van der Waals surface area contributed by atoms with Gasteiger partial charge in [-0.3, -0.25) is 14.7 Å². The summed E-state index contributed by atoms with van der Waals surface area (Å²) in [4.78, 5) is 21.0. The fourth-order valence-electron chi connectivity index (χ4n) is 3.70. The summed E-state index contributed by atoms with van der Waals surface area (Å²) in [6.07, 6.45) is 5.28. The average molecular weight is 353 g/mol. The maximum atomic E-state index is 12.6. The molecule has 0 bridgehead atoms. The van der Waals surface area contributed by atoms with E-state index in [9.17, 15) is 4.79 Å². The van der Waals surface area contributed by atoms with E-state index in [1.807, 2.05) is 29.2 Å². The summed E-state index contributed by atoms with van der Waals surface area (Å²) < 4.78 is 5.52. The third-order valence-electron chi connectivity index (χ3n) is 5.44. The summed E-state index contributed by atoms with van der Waals surface area (Å²) in [5.41, 5.74) is 1.87. The smallest absolute Gasteiger partial charge is 0.255 e. The van der Waals surface area contributed by atoms with Gasteiger partial charge < -0.3 is 9.64 Å². The fraction of sp³-hybridized carbons (Fsp3) is 0.429. The van der Waals surface area contributed by atoms with Gasteiger partial charge in [-0.05, 0) is 45.0 Å². The number of likely N-dealkylation sites (tertiary alicyclic amines) is 1. The van der Waals surface area contributed by atoms with Crippen LogP contribution in [0.2, 0.25) is 0 Å². The number of nitrogens with zero attached hydrogens (tertiary/aromatic N) is 3. The van der Waals surface area contributed by atoms with Gasteiger partial charge in [0.1, 0.15) is 5.75 Å². The van der Waals surface area contributed by atoms with E-state index in [1.54, 1.807) is 19.5 Å². The Bertz CT molecular complexity index is 727. The first-order valence-corrected chi connectivity index (χ1v) is 9.16. The number of benzene rings is 1. The molecular weight excluding hydrogens is 326 g/mol. The van der Waals surface area contributed by atoms with Crippen LogP contribution in [0.15, 0.2) is 48.8 Å². The van der Waals surface area contributed by atoms with Gasteiger partial charge in [0.2, 0.25) is 0 Å². The maximum absolute atomic E-state index is 12.6. The molecule has 1 aromatic carbocycles. The van der Waals surface area contributed by atoms with Gasteiger partial charge in [-0.25, -0.2) is 0 Å². The van der Waals surface area contributed by atoms with Gasteiger partial charge >= 0.3 is 0 Å². The first-order valence-electron chi connectivity index (χ1n) is 9.16. The standard InChI is InChI=1S/C21H27N3O2/c1-16(19-8-4-5-9-20(19)26-3)23(2)18-10-13-24(14-11-18)21(25)17-7-6-12-22-15-17/h4-9,12,15-16,18H,10-11,13-14H2,1-3H3. The molecule has 0 spiro atoms. The number of amides is 1. The van der Waals surface area contributed by atoms with Crippen LogP contribution >= 0.6 is 0 Å². The molecule has 2 heterocycles. The zero-order valence-electron chi connectivity index (χ0n) is 15.8. The molecular formula is C21H27N3O2. The first-order chi connectivity index (χ1) is 12.6. The zero-order valence-corrected chi connectivity index (χ0v) is 15.8. The molecule has 5 heteroatoms. The summed E-state index contributed by atoms with van der Waals surface area (Å²) in [5.74, 6) is 1.01. The van der Waals surface area contributed by atoms with Crippen LogP contribution in [0.3, 0.4) is 0 Å². The molecule has 0 radical (unpaired) electrons. The molecule has 0 aliphatic carbocycles. The number of para-hydroxylation sites is 1. The molecule has 1 atom stereocenters. The van der Waals surface area contributed by atoms with E-state index < -0.39 is 0 Å². The predicted octanol–water partition coefficient (Wildman–Crippen LogP) is 3.39. The number of piperidine rings is 1. The number of hydrogen-bond donors (Lipinski definition) is 0. The Morgan fingerprint density at radius 2 is 1.96 bits per heavy atom. The molecule has 1 aliphatic heterocycles. The molecule has 3 rings (SSSR count). The summed E-state index contributed by atoms with van der Waals surface area (Å²) in [7, 11) is 3.88. The predicted molar refractivity (Wildman–Crippen MR) is 102 cm³/mol. The quantitative estimate of drug-likeness (QED) is 0.827. The Hall–Kier alpha value is -2.40. The van der Waals surface area contributed by atoms with E-state index in [0.29, 0.717) is 11.6 Å². The minimum absolute atomic E-state index is 0.0805. The van der Waals surface area contributed by atoms with Crippen LogP contribution in [0, 0.1) is 0 Å². The van der Waals surface area contributed by atoms with Crippen molar-refractivity contribution in [3.05, 3.63) is 59.9 Å². The van der Waals surface area contributed by atoms with Crippen molar-refractivity contribution in [3.63, 3.8) is 0 Å². The average Bonchev–Trinajstić information content (AvgIpc) is 2.73. The van der Waals surface area contributed by atoms with Crippen LogP contribution < -0.4 is 4.74 Å². The van der Waals surface area contributed by atoms with Crippen molar-refractivity contribution in [3.8, 4) is 5.75 Å². The number of carbonyl (C=O) groups is 1. The number of rotatable bonds is 5. The van der Waals surface area contributed by atoms with Gasteiger partial charge in [0.25, 0.3) is 5.91 Å². The second-order valence-electron chi connectivity index (χ2n) is 6.85. The molecule has 1 saturated heterocycles. The zero-order chi connectivity index (χ0) is 18.5. The van der Waals surface area contributed by atoms with Gasteiger partial charge in [0.15, 0.2) is 0 Å². The van der Waals surface area contributed by atoms with Crippen LogP contribution in [0.1, 0.15) is 41.7 Å². The first kappa shape index (κ1) is 18.4.